The van der Waals surface area contributed by atoms with Crippen LogP contribution in [0.1, 0.15) is 17.2 Å². The first-order valence-electron chi connectivity index (χ1n) is 4.93. The van der Waals surface area contributed by atoms with E-state index in [1.807, 2.05) is 36.4 Å². The van der Waals surface area contributed by atoms with Crippen molar-refractivity contribution >= 4 is 11.6 Å². The molecule has 2 rings (SSSR count). The molecule has 4 heteroatoms. The second kappa shape index (κ2) is 5.07. The molecule has 1 aromatic carbocycles. The lowest BCUT2D eigenvalue weighted by molar-refractivity contribution is 0.635. The summed E-state index contributed by atoms with van der Waals surface area (Å²) in [5, 5.41) is 0.714. The van der Waals surface area contributed by atoms with Gasteiger partial charge in [0.25, 0.3) is 0 Å². The number of rotatable bonds is 3. The number of nitrogens with two attached hydrogens (primary N) is 1. The van der Waals surface area contributed by atoms with Gasteiger partial charge in [0.15, 0.2) is 0 Å². The molecular weight excluding hydrogens is 222 g/mol. The van der Waals surface area contributed by atoms with Gasteiger partial charge in [-0.15, -0.1) is 0 Å². The molecule has 1 unspecified atom stereocenters. The van der Waals surface area contributed by atoms with Crippen molar-refractivity contribution in [1.29, 1.82) is 0 Å². The van der Waals surface area contributed by atoms with Crippen molar-refractivity contribution < 1.29 is 0 Å². The van der Waals surface area contributed by atoms with Crippen LogP contribution in [0.5, 0.6) is 0 Å². The zero-order chi connectivity index (χ0) is 11.4. The fourth-order valence-electron chi connectivity index (χ4n) is 1.59. The van der Waals surface area contributed by atoms with Gasteiger partial charge in [-0.25, -0.2) is 5.43 Å². The third-order valence-electron chi connectivity index (χ3n) is 2.39. The zero-order valence-corrected chi connectivity index (χ0v) is 9.35. The van der Waals surface area contributed by atoms with Crippen LogP contribution in [0.3, 0.4) is 0 Å². The molecule has 1 atom stereocenters. The van der Waals surface area contributed by atoms with Gasteiger partial charge in [0.1, 0.15) is 0 Å². The van der Waals surface area contributed by atoms with E-state index >= 15 is 0 Å². The minimum Gasteiger partial charge on any atom is -0.271 e. The largest absolute Gasteiger partial charge is 0.271 e. The summed E-state index contributed by atoms with van der Waals surface area (Å²) in [7, 11) is 0. The average molecular weight is 234 g/mol. The second-order valence-corrected chi connectivity index (χ2v) is 3.87. The molecule has 0 aliphatic carbocycles. The first-order valence-corrected chi connectivity index (χ1v) is 5.30. The monoisotopic (exact) mass is 233 g/mol. The molecule has 16 heavy (non-hydrogen) atoms. The molecule has 1 aromatic heterocycles. The molecule has 0 saturated carbocycles. The molecule has 0 amide bonds. The molecule has 3 N–H and O–H groups in total. The van der Waals surface area contributed by atoms with Crippen LogP contribution < -0.4 is 11.3 Å². The second-order valence-electron chi connectivity index (χ2n) is 3.44. The van der Waals surface area contributed by atoms with Gasteiger partial charge < -0.3 is 0 Å². The number of nitrogens with one attached hydrogen (secondary N) is 1. The van der Waals surface area contributed by atoms with Crippen LogP contribution >= 0.6 is 11.6 Å². The predicted molar refractivity (Wildman–Crippen MR) is 64.9 cm³/mol. The first kappa shape index (κ1) is 11.1. The smallest absolute Gasteiger partial charge is 0.0725 e. The Morgan fingerprint density at radius 3 is 2.44 bits per heavy atom. The topological polar surface area (TPSA) is 50.9 Å². The number of hydrogen-bond acceptors (Lipinski definition) is 3. The van der Waals surface area contributed by atoms with Crippen LogP contribution in [0.15, 0.2) is 48.8 Å². The third-order valence-corrected chi connectivity index (χ3v) is 2.64. The predicted octanol–water partition coefficient (Wildman–Crippen LogP) is 2.29. The SMILES string of the molecule is NNC(c1ccc(Cl)cc1)c1cccnc1. The Balaban J connectivity index is 2.33. The summed E-state index contributed by atoms with van der Waals surface area (Å²) in [5.41, 5.74) is 4.85. The van der Waals surface area contributed by atoms with E-state index in [1.165, 1.54) is 0 Å². The Morgan fingerprint density at radius 2 is 1.88 bits per heavy atom. The summed E-state index contributed by atoms with van der Waals surface area (Å²) in [6, 6.07) is 11.4. The highest BCUT2D eigenvalue weighted by atomic mass is 35.5. The normalized spacial score (nSPS) is 12.4. The molecule has 0 aliphatic heterocycles. The summed E-state index contributed by atoms with van der Waals surface area (Å²) in [4.78, 5) is 4.07. The van der Waals surface area contributed by atoms with E-state index in [9.17, 15) is 0 Å². The summed E-state index contributed by atoms with van der Waals surface area (Å²) in [6.45, 7) is 0. The number of benzene rings is 1. The Bertz CT molecular complexity index is 442. The van der Waals surface area contributed by atoms with E-state index in [2.05, 4.69) is 10.4 Å². The first-order chi connectivity index (χ1) is 7.81. The van der Waals surface area contributed by atoms with Gasteiger partial charge in [0.05, 0.1) is 6.04 Å². The molecule has 1 heterocycles. The van der Waals surface area contributed by atoms with Gasteiger partial charge in [0.2, 0.25) is 0 Å². The van der Waals surface area contributed by atoms with Crippen molar-refractivity contribution in [1.82, 2.24) is 10.4 Å². The van der Waals surface area contributed by atoms with Gasteiger partial charge >= 0.3 is 0 Å². The van der Waals surface area contributed by atoms with Gasteiger partial charge in [-0.2, -0.15) is 0 Å². The van der Waals surface area contributed by atoms with Gasteiger partial charge in [-0.05, 0) is 29.3 Å². The summed E-state index contributed by atoms with van der Waals surface area (Å²) in [5.74, 6) is 5.56. The van der Waals surface area contributed by atoms with E-state index in [0.717, 1.165) is 11.1 Å². The van der Waals surface area contributed by atoms with Crippen molar-refractivity contribution in [2.45, 2.75) is 6.04 Å². The molecule has 2 aromatic rings. The molecule has 82 valence electrons. The number of aromatic nitrogens is 1. The lowest BCUT2D eigenvalue weighted by atomic mass is 10.0. The van der Waals surface area contributed by atoms with Gasteiger partial charge in [-0.1, -0.05) is 29.8 Å². The molecule has 0 saturated heterocycles. The summed E-state index contributed by atoms with van der Waals surface area (Å²) < 4.78 is 0. The zero-order valence-electron chi connectivity index (χ0n) is 8.60. The number of halogens is 1. The highest BCUT2D eigenvalue weighted by Gasteiger charge is 2.11. The van der Waals surface area contributed by atoms with Gasteiger partial charge in [0, 0.05) is 17.4 Å². The Kier molecular flexibility index (Phi) is 3.51. The number of nitrogens with zero attached hydrogens (tertiary/aromatic N) is 1. The minimum atomic E-state index is -0.0639. The number of pyridine rings is 1. The highest BCUT2D eigenvalue weighted by Crippen LogP contribution is 2.21. The standard InChI is InChI=1S/C12H12ClN3/c13-11-5-3-9(4-6-11)12(16-14)10-2-1-7-15-8-10/h1-8,12,16H,14H2. The lowest BCUT2D eigenvalue weighted by Crippen LogP contribution is -2.28. The van der Waals surface area contributed by atoms with E-state index in [4.69, 9.17) is 17.4 Å². The van der Waals surface area contributed by atoms with E-state index in [0.29, 0.717) is 5.02 Å². The number of hydrogen-bond donors (Lipinski definition) is 2. The molecular formula is C12H12ClN3. The molecule has 0 bridgehead atoms. The van der Waals surface area contributed by atoms with Crippen LogP contribution in [0.2, 0.25) is 5.02 Å². The van der Waals surface area contributed by atoms with Crippen LogP contribution in [-0.4, -0.2) is 4.98 Å². The fraction of sp³-hybridized carbons (Fsp3) is 0.0833. The average Bonchev–Trinajstić information content (AvgIpc) is 2.34. The summed E-state index contributed by atoms with van der Waals surface area (Å²) >= 11 is 5.84. The van der Waals surface area contributed by atoms with Crippen LogP contribution in [0.25, 0.3) is 0 Å². The van der Waals surface area contributed by atoms with Crippen LogP contribution in [-0.2, 0) is 0 Å². The van der Waals surface area contributed by atoms with Crippen LogP contribution in [0.4, 0.5) is 0 Å². The quantitative estimate of drug-likeness (QED) is 0.632. The van der Waals surface area contributed by atoms with Gasteiger partial charge in [-0.3, -0.25) is 10.8 Å². The Labute approximate surface area is 99.2 Å². The maximum atomic E-state index is 5.84. The van der Waals surface area contributed by atoms with Crippen LogP contribution in [0, 0.1) is 0 Å². The van der Waals surface area contributed by atoms with Crippen molar-refractivity contribution in [3.05, 3.63) is 64.9 Å². The molecule has 0 aliphatic rings. The minimum absolute atomic E-state index is 0.0639. The van der Waals surface area contributed by atoms with Crippen molar-refractivity contribution in [3.8, 4) is 0 Å². The maximum absolute atomic E-state index is 5.84. The highest BCUT2D eigenvalue weighted by molar-refractivity contribution is 6.30. The molecule has 0 fully saturated rings. The van der Waals surface area contributed by atoms with Crippen molar-refractivity contribution in [3.63, 3.8) is 0 Å². The Hall–Kier alpha value is -1.42. The molecule has 3 nitrogen and oxygen atoms in total. The third kappa shape index (κ3) is 2.39. The molecule has 0 radical (unpaired) electrons. The molecule has 0 spiro atoms. The maximum Gasteiger partial charge on any atom is 0.0725 e. The van der Waals surface area contributed by atoms with E-state index in [-0.39, 0.29) is 6.04 Å². The fourth-order valence-corrected chi connectivity index (χ4v) is 1.71. The summed E-state index contributed by atoms with van der Waals surface area (Å²) in [6.07, 6.45) is 3.53. The van der Waals surface area contributed by atoms with Crippen molar-refractivity contribution in [2.24, 2.45) is 5.84 Å². The number of hydrazine groups is 1. The van der Waals surface area contributed by atoms with E-state index in [1.54, 1.807) is 12.4 Å². The Morgan fingerprint density at radius 1 is 1.12 bits per heavy atom. The van der Waals surface area contributed by atoms with Crippen molar-refractivity contribution in [2.75, 3.05) is 0 Å². The van der Waals surface area contributed by atoms with E-state index < -0.39 is 0 Å². The lowest BCUT2D eigenvalue weighted by Gasteiger charge is -2.16.